The van der Waals surface area contributed by atoms with E-state index in [1.165, 1.54) is 0 Å². The van der Waals surface area contributed by atoms with Crippen molar-refractivity contribution in [3.05, 3.63) is 35.2 Å². The van der Waals surface area contributed by atoms with Crippen molar-refractivity contribution in [2.45, 2.75) is 44.7 Å². The number of rotatable bonds is 5. The van der Waals surface area contributed by atoms with E-state index in [0.717, 1.165) is 24.9 Å². The fourth-order valence-electron chi connectivity index (χ4n) is 2.86. The summed E-state index contributed by atoms with van der Waals surface area (Å²) in [5, 5.41) is 11.1. The smallest absolute Gasteiger partial charge is 0.227 e. The van der Waals surface area contributed by atoms with E-state index in [2.05, 4.69) is 27.7 Å². The first-order chi connectivity index (χ1) is 11.6. The maximum Gasteiger partial charge on any atom is 0.227 e. The Hall–Kier alpha value is -1.92. The molecule has 2 unspecified atom stereocenters. The highest BCUT2D eigenvalue weighted by atomic mass is 35.5. The number of benzene rings is 1. The normalized spacial score (nSPS) is 20.8. The van der Waals surface area contributed by atoms with E-state index in [1.807, 2.05) is 12.1 Å². The summed E-state index contributed by atoms with van der Waals surface area (Å²) in [6.07, 6.45) is 2.72. The van der Waals surface area contributed by atoms with Gasteiger partial charge in [-0.05, 0) is 50.6 Å². The SMILES string of the molecule is CC1CC(NC(=O)CCc2nc(-c3ccc(Cl)cc3)no2)CCN1. The molecule has 2 heterocycles. The summed E-state index contributed by atoms with van der Waals surface area (Å²) in [6.45, 7) is 3.08. The van der Waals surface area contributed by atoms with Crippen molar-refractivity contribution < 1.29 is 9.32 Å². The highest BCUT2D eigenvalue weighted by Crippen LogP contribution is 2.19. The number of carbonyl (C=O) groups is 1. The van der Waals surface area contributed by atoms with Crippen molar-refractivity contribution in [1.82, 2.24) is 20.8 Å². The van der Waals surface area contributed by atoms with Gasteiger partial charge in [-0.3, -0.25) is 4.79 Å². The number of carbonyl (C=O) groups excluding carboxylic acids is 1. The second kappa shape index (κ2) is 7.77. The van der Waals surface area contributed by atoms with Gasteiger partial charge in [-0.25, -0.2) is 0 Å². The van der Waals surface area contributed by atoms with Gasteiger partial charge in [-0.15, -0.1) is 0 Å². The minimum Gasteiger partial charge on any atom is -0.353 e. The summed E-state index contributed by atoms with van der Waals surface area (Å²) >= 11 is 5.87. The molecule has 1 aromatic heterocycles. The number of hydrogen-bond acceptors (Lipinski definition) is 5. The van der Waals surface area contributed by atoms with Gasteiger partial charge in [-0.1, -0.05) is 16.8 Å². The zero-order valence-corrected chi connectivity index (χ0v) is 14.3. The van der Waals surface area contributed by atoms with Gasteiger partial charge < -0.3 is 15.2 Å². The van der Waals surface area contributed by atoms with Gasteiger partial charge in [0.25, 0.3) is 0 Å². The summed E-state index contributed by atoms with van der Waals surface area (Å²) < 4.78 is 5.22. The highest BCUT2D eigenvalue weighted by Gasteiger charge is 2.20. The van der Waals surface area contributed by atoms with Crippen LogP contribution in [0.3, 0.4) is 0 Å². The van der Waals surface area contributed by atoms with Crippen molar-refractivity contribution in [2.75, 3.05) is 6.54 Å². The molecule has 0 radical (unpaired) electrons. The van der Waals surface area contributed by atoms with Gasteiger partial charge in [0.05, 0.1) is 0 Å². The molecule has 2 aromatic rings. The first-order valence-corrected chi connectivity index (χ1v) is 8.59. The molecule has 24 heavy (non-hydrogen) atoms. The maximum atomic E-state index is 12.1. The summed E-state index contributed by atoms with van der Waals surface area (Å²) in [7, 11) is 0. The first kappa shape index (κ1) is 16.9. The molecule has 1 fully saturated rings. The fourth-order valence-corrected chi connectivity index (χ4v) is 2.98. The Bertz CT molecular complexity index is 686. The second-order valence-corrected chi connectivity index (χ2v) is 6.60. The van der Waals surface area contributed by atoms with Crippen LogP contribution in [-0.4, -0.2) is 34.7 Å². The maximum absolute atomic E-state index is 12.1. The van der Waals surface area contributed by atoms with Crippen LogP contribution < -0.4 is 10.6 Å². The average molecular weight is 349 g/mol. The molecule has 3 rings (SSSR count). The molecule has 0 spiro atoms. The van der Waals surface area contributed by atoms with Crippen molar-refractivity contribution >= 4 is 17.5 Å². The number of nitrogens with one attached hydrogen (secondary N) is 2. The Morgan fingerprint density at radius 3 is 2.96 bits per heavy atom. The molecule has 1 aromatic carbocycles. The molecule has 1 amide bonds. The quantitative estimate of drug-likeness (QED) is 0.868. The van der Waals surface area contributed by atoms with Crippen LogP contribution in [0.25, 0.3) is 11.4 Å². The second-order valence-electron chi connectivity index (χ2n) is 6.16. The lowest BCUT2D eigenvalue weighted by molar-refractivity contribution is -0.122. The Morgan fingerprint density at radius 1 is 1.42 bits per heavy atom. The number of aromatic nitrogens is 2. The first-order valence-electron chi connectivity index (χ1n) is 8.21. The minimum atomic E-state index is 0.0281. The Labute approximate surface area is 146 Å². The molecule has 1 aliphatic heterocycles. The van der Waals surface area contributed by atoms with Crippen molar-refractivity contribution in [2.24, 2.45) is 0 Å². The van der Waals surface area contributed by atoms with Crippen LogP contribution in [-0.2, 0) is 11.2 Å². The molecule has 1 aliphatic rings. The summed E-state index contributed by atoms with van der Waals surface area (Å²) in [6, 6.07) is 7.92. The number of amides is 1. The van der Waals surface area contributed by atoms with Gasteiger partial charge in [0.2, 0.25) is 17.6 Å². The zero-order valence-electron chi connectivity index (χ0n) is 13.6. The van der Waals surface area contributed by atoms with Crippen LogP contribution in [0.1, 0.15) is 32.1 Å². The molecular formula is C17H21ClN4O2. The third-order valence-corrected chi connectivity index (χ3v) is 4.38. The zero-order chi connectivity index (χ0) is 16.9. The van der Waals surface area contributed by atoms with Crippen molar-refractivity contribution in [3.63, 3.8) is 0 Å². The molecule has 2 atom stereocenters. The van der Waals surface area contributed by atoms with Crippen LogP contribution in [0.15, 0.2) is 28.8 Å². The Balaban J connectivity index is 1.50. The molecule has 0 bridgehead atoms. The van der Waals surface area contributed by atoms with E-state index in [-0.39, 0.29) is 11.9 Å². The summed E-state index contributed by atoms with van der Waals surface area (Å²) in [5.74, 6) is 1.00. The van der Waals surface area contributed by atoms with E-state index in [1.54, 1.807) is 12.1 Å². The number of halogens is 1. The lowest BCUT2D eigenvalue weighted by atomic mass is 10.0. The topological polar surface area (TPSA) is 80.1 Å². The van der Waals surface area contributed by atoms with E-state index < -0.39 is 0 Å². The van der Waals surface area contributed by atoms with E-state index >= 15 is 0 Å². The number of hydrogen-bond donors (Lipinski definition) is 2. The third kappa shape index (κ3) is 4.55. The number of aryl methyl sites for hydroxylation is 1. The van der Waals surface area contributed by atoms with E-state index in [9.17, 15) is 4.79 Å². The van der Waals surface area contributed by atoms with Crippen molar-refractivity contribution in [3.8, 4) is 11.4 Å². The van der Waals surface area contributed by atoms with Gasteiger partial charge in [0.15, 0.2) is 0 Å². The molecule has 2 N–H and O–H groups in total. The van der Waals surface area contributed by atoms with Gasteiger partial charge in [-0.2, -0.15) is 4.98 Å². The standard InChI is InChI=1S/C17H21ClN4O2/c1-11-10-14(8-9-19-11)20-15(23)6-7-16-21-17(22-24-16)12-2-4-13(18)5-3-12/h2-5,11,14,19H,6-10H2,1H3,(H,20,23). The summed E-state index contributed by atoms with van der Waals surface area (Å²) in [5.41, 5.74) is 0.836. The number of piperidine rings is 1. The Morgan fingerprint density at radius 2 is 2.21 bits per heavy atom. The summed E-state index contributed by atoms with van der Waals surface area (Å²) in [4.78, 5) is 16.4. The van der Waals surface area contributed by atoms with Gasteiger partial charge in [0, 0.05) is 35.5 Å². The molecule has 6 nitrogen and oxygen atoms in total. The molecule has 0 aliphatic carbocycles. The van der Waals surface area contributed by atoms with Crippen LogP contribution in [0, 0.1) is 0 Å². The third-order valence-electron chi connectivity index (χ3n) is 4.13. The lowest BCUT2D eigenvalue weighted by Gasteiger charge is -2.28. The van der Waals surface area contributed by atoms with Crippen molar-refractivity contribution in [1.29, 1.82) is 0 Å². The van der Waals surface area contributed by atoms with Crippen LogP contribution in [0.2, 0.25) is 5.02 Å². The predicted octanol–water partition coefficient (Wildman–Crippen LogP) is 2.58. The van der Waals surface area contributed by atoms with Gasteiger partial charge >= 0.3 is 0 Å². The highest BCUT2D eigenvalue weighted by molar-refractivity contribution is 6.30. The lowest BCUT2D eigenvalue weighted by Crippen LogP contribution is -2.46. The van der Waals surface area contributed by atoms with E-state index in [0.29, 0.717) is 35.6 Å². The van der Waals surface area contributed by atoms with Crippen LogP contribution in [0.4, 0.5) is 0 Å². The molecule has 128 valence electrons. The monoisotopic (exact) mass is 348 g/mol. The minimum absolute atomic E-state index is 0.0281. The molecule has 0 saturated carbocycles. The Kier molecular flexibility index (Phi) is 5.48. The predicted molar refractivity (Wildman–Crippen MR) is 91.7 cm³/mol. The van der Waals surface area contributed by atoms with Crippen LogP contribution >= 0.6 is 11.6 Å². The van der Waals surface area contributed by atoms with E-state index in [4.69, 9.17) is 16.1 Å². The fraction of sp³-hybridized carbons (Fsp3) is 0.471. The van der Waals surface area contributed by atoms with Crippen LogP contribution in [0.5, 0.6) is 0 Å². The number of nitrogens with zero attached hydrogens (tertiary/aromatic N) is 2. The largest absolute Gasteiger partial charge is 0.353 e. The van der Waals surface area contributed by atoms with Gasteiger partial charge in [0.1, 0.15) is 0 Å². The average Bonchev–Trinajstić information content (AvgIpc) is 3.03. The molecular weight excluding hydrogens is 328 g/mol. The molecule has 1 saturated heterocycles. The molecule has 7 heteroatoms.